The SMILES string of the molecule is CCN(Cc1ccc(Cl)s1)C(=O)C1CCN(S(=O)(=O)c2ccc(C)cc2C)CC1. The first-order chi connectivity index (χ1) is 13.7. The number of rotatable bonds is 6. The van der Waals surface area contributed by atoms with Crippen LogP contribution in [0.3, 0.4) is 0 Å². The third-order valence-corrected chi connectivity index (χ3v) is 8.70. The molecule has 0 unspecified atom stereocenters. The molecular weight excluding hydrogens is 428 g/mol. The van der Waals surface area contributed by atoms with Crippen LogP contribution in [0.15, 0.2) is 35.2 Å². The smallest absolute Gasteiger partial charge is 0.243 e. The molecule has 2 aromatic rings. The number of aryl methyl sites for hydroxylation is 2. The van der Waals surface area contributed by atoms with Crippen molar-refractivity contribution in [1.29, 1.82) is 0 Å². The number of thiophene rings is 1. The second-order valence-electron chi connectivity index (χ2n) is 7.51. The lowest BCUT2D eigenvalue weighted by molar-refractivity contribution is -0.137. The first-order valence-electron chi connectivity index (χ1n) is 9.82. The maximum atomic E-state index is 13.0. The van der Waals surface area contributed by atoms with E-state index in [-0.39, 0.29) is 11.8 Å². The molecule has 1 aromatic heterocycles. The van der Waals surface area contributed by atoms with Crippen molar-refractivity contribution in [2.75, 3.05) is 19.6 Å². The lowest BCUT2D eigenvalue weighted by Gasteiger charge is -2.33. The second-order valence-corrected chi connectivity index (χ2v) is 11.2. The zero-order valence-electron chi connectivity index (χ0n) is 17.0. The van der Waals surface area contributed by atoms with Gasteiger partial charge in [-0.2, -0.15) is 4.31 Å². The van der Waals surface area contributed by atoms with Gasteiger partial charge in [0.05, 0.1) is 15.8 Å². The molecule has 1 fully saturated rings. The highest BCUT2D eigenvalue weighted by Crippen LogP contribution is 2.28. The Labute approximate surface area is 182 Å². The van der Waals surface area contributed by atoms with Crippen LogP contribution in [0.4, 0.5) is 0 Å². The summed E-state index contributed by atoms with van der Waals surface area (Å²) >= 11 is 7.48. The molecule has 3 rings (SSSR count). The van der Waals surface area contributed by atoms with Gasteiger partial charge >= 0.3 is 0 Å². The quantitative estimate of drug-likeness (QED) is 0.647. The van der Waals surface area contributed by atoms with Crippen LogP contribution in [0.5, 0.6) is 0 Å². The summed E-state index contributed by atoms with van der Waals surface area (Å²) in [5.41, 5.74) is 1.80. The molecule has 0 atom stereocenters. The van der Waals surface area contributed by atoms with Gasteiger partial charge < -0.3 is 4.90 Å². The van der Waals surface area contributed by atoms with Crippen molar-refractivity contribution in [3.63, 3.8) is 0 Å². The maximum absolute atomic E-state index is 13.0. The van der Waals surface area contributed by atoms with Crippen LogP contribution in [0.25, 0.3) is 0 Å². The van der Waals surface area contributed by atoms with Crippen molar-refractivity contribution in [1.82, 2.24) is 9.21 Å². The second kappa shape index (κ2) is 9.16. The third kappa shape index (κ3) is 5.02. The molecule has 1 aromatic carbocycles. The fourth-order valence-electron chi connectivity index (χ4n) is 3.80. The van der Waals surface area contributed by atoms with Crippen molar-refractivity contribution >= 4 is 38.9 Å². The van der Waals surface area contributed by atoms with Crippen molar-refractivity contribution in [2.24, 2.45) is 5.92 Å². The van der Waals surface area contributed by atoms with Crippen molar-refractivity contribution < 1.29 is 13.2 Å². The Morgan fingerprint density at radius 3 is 2.45 bits per heavy atom. The van der Waals surface area contributed by atoms with Crippen molar-refractivity contribution in [3.8, 4) is 0 Å². The van der Waals surface area contributed by atoms with E-state index in [9.17, 15) is 13.2 Å². The molecule has 5 nitrogen and oxygen atoms in total. The van der Waals surface area contributed by atoms with E-state index in [2.05, 4.69) is 0 Å². The Morgan fingerprint density at radius 2 is 1.90 bits per heavy atom. The lowest BCUT2D eigenvalue weighted by atomic mass is 9.96. The van der Waals surface area contributed by atoms with Gasteiger partial charge in [0.2, 0.25) is 15.9 Å². The number of carbonyl (C=O) groups is 1. The summed E-state index contributed by atoms with van der Waals surface area (Å²) in [5.74, 6) is -0.0449. The molecule has 1 amide bonds. The summed E-state index contributed by atoms with van der Waals surface area (Å²) in [4.78, 5) is 16.2. The normalized spacial score (nSPS) is 16.1. The summed E-state index contributed by atoms with van der Waals surface area (Å²) < 4.78 is 28.3. The molecule has 0 saturated carbocycles. The van der Waals surface area contributed by atoms with Gasteiger partial charge in [-0.05, 0) is 57.4 Å². The van der Waals surface area contributed by atoms with Gasteiger partial charge in [-0.15, -0.1) is 11.3 Å². The standard InChI is InChI=1S/C21H27ClN2O3S2/c1-4-23(14-18-6-8-20(22)28-18)21(25)17-9-11-24(12-10-17)29(26,27)19-7-5-15(2)13-16(19)3/h5-8,13,17H,4,9-12,14H2,1-3H3. The molecule has 0 N–H and O–H groups in total. The molecule has 0 spiro atoms. The minimum Gasteiger partial charge on any atom is -0.338 e. The Hall–Kier alpha value is -1.41. The number of hydrogen-bond acceptors (Lipinski definition) is 4. The molecule has 1 aliphatic rings. The number of amides is 1. The minimum atomic E-state index is -3.53. The predicted octanol–water partition coefficient (Wildman–Crippen LogP) is 4.47. The number of hydrogen-bond donors (Lipinski definition) is 0. The number of nitrogens with zero attached hydrogens (tertiary/aromatic N) is 2. The van der Waals surface area contributed by atoms with Crippen molar-refractivity contribution in [3.05, 3.63) is 50.7 Å². The van der Waals surface area contributed by atoms with Gasteiger partial charge in [0.1, 0.15) is 0 Å². The van der Waals surface area contributed by atoms with Crippen molar-refractivity contribution in [2.45, 2.75) is 45.1 Å². The van der Waals surface area contributed by atoms with E-state index in [4.69, 9.17) is 11.6 Å². The van der Waals surface area contributed by atoms with Gasteiger partial charge in [0, 0.05) is 30.4 Å². The lowest BCUT2D eigenvalue weighted by Crippen LogP contribution is -2.44. The maximum Gasteiger partial charge on any atom is 0.243 e. The number of halogens is 1. The Bertz CT molecular complexity index is 980. The molecule has 0 bridgehead atoms. The number of carbonyl (C=O) groups excluding carboxylic acids is 1. The summed E-state index contributed by atoms with van der Waals surface area (Å²) in [7, 11) is -3.53. The Kier molecular flexibility index (Phi) is 7.04. The highest BCUT2D eigenvalue weighted by atomic mass is 35.5. The number of sulfonamides is 1. The van der Waals surface area contributed by atoms with Crippen LogP contribution < -0.4 is 0 Å². The summed E-state index contributed by atoms with van der Waals surface area (Å²) in [5, 5.41) is 0. The average Bonchev–Trinajstić information content (AvgIpc) is 3.10. The number of benzene rings is 1. The average molecular weight is 455 g/mol. The van der Waals surface area contributed by atoms with Crippen LogP contribution in [-0.4, -0.2) is 43.2 Å². The first-order valence-corrected chi connectivity index (χ1v) is 12.5. The van der Waals surface area contributed by atoms with E-state index in [1.54, 1.807) is 6.07 Å². The first kappa shape index (κ1) is 22.3. The summed E-state index contributed by atoms with van der Waals surface area (Å²) in [6, 6.07) is 9.19. The molecule has 1 saturated heterocycles. The monoisotopic (exact) mass is 454 g/mol. The molecule has 8 heteroatoms. The molecule has 2 heterocycles. The molecule has 29 heavy (non-hydrogen) atoms. The van der Waals surface area contributed by atoms with Gasteiger partial charge in [-0.1, -0.05) is 29.3 Å². The Morgan fingerprint density at radius 1 is 1.21 bits per heavy atom. The topological polar surface area (TPSA) is 57.7 Å². The van der Waals surface area contributed by atoms with Gasteiger partial charge in [0.25, 0.3) is 0 Å². The van der Waals surface area contributed by atoms with E-state index in [1.807, 2.05) is 49.9 Å². The molecule has 0 radical (unpaired) electrons. The fourth-order valence-corrected chi connectivity index (χ4v) is 6.58. The van der Waals surface area contributed by atoms with Crippen LogP contribution in [-0.2, 0) is 21.4 Å². The summed E-state index contributed by atoms with van der Waals surface area (Å²) in [6.45, 7) is 7.65. The Balaban J connectivity index is 1.65. The van der Waals surface area contributed by atoms with Gasteiger partial charge in [0.15, 0.2) is 0 Å². The largest absolute Gasteiger partial charge is 0.338 e. The predicted molar refractivity (Wildman–Crippen MR) is 118 cm³/mol. The summed E-state index contributed by atoms with van der Waals surface area (Å²) in [6.07, 6.45) is 1.09. The van der Waals surface area contributed by atoms with Crippen LogP contribution in [0, 0.1) is 19.8 Å². The minimum absolute atomic E-state index is 0.0978. The zero-order valence-corrected chi connectivity index (χ0v) is 19.4. The van der Waals surface area contributed by atoms with Gasteiger partial charge in [-0.25, -0.2) is 8.42 Å². The molecule has 1 aliphatic heterocycles. The fraction of sp³-hybridized carbons (Fsp3) is 0.476. The third-order valence-electron chi connectivity index (χ3n) is 5.42. The van der Waals surface area contributed by atoms with Crippen LogP contribution >= 0.6 is 22.9 Å². The van der Waals surface area contributed by atoms with Crippen LogP contribution in [0.1, 0.15) is 35.8 Å². The highest BCUT2D eigenvalue weighted by molar-refractivity contribution is 7.89. The van der Waals surface area contributed by atoms with E-state index < -0.39 is 10.0 Å². The number of piperidine rings is 1. The molecule has 0 aliphatic carbocycles. The zero-order chi connectivity index (χ0) is 21.2. The van der Waals surface area contributed by atoms with E-state index in [0.29, 0.717) is 48.3 Å². The van der Waals surface area contributed by atoms with E-state index >= 15 is 0 Å². The van der Waals surface area contributed by atoms with Crippen LogP contribution in [0.2, 0.25) is 4.34 Å². The van der Waals surface area contributed by atoms with E-state index in [1.165, 1.54) is 15.6 Å². The molecular formula is C21H27ClN2O3S2. The highest BCUT2D eigenvalue weighted by Gasteiger charge is 2.34. The van der Waals surface area contributed by atoms with E-state index in [0.717, 1.165) is 16.0 Å². The van der Waals surface area contributed by atoms with Gasteiger partial charge in [-0.3, -0.25) is 4.79 Å². The molecule has 158 valence electrons.